The zero-order valence-electron chi connectivity index (χ0n) is 11.3. The van der Waals surface area contributed by atoms with Crippen LogP contribution in [0.4, 0.5) is 0 Å². The Balaban J connectivity index is 2.12. The van der Waals surface area contributed by atoms with E-state index in [-0.39, 0.29) is 13.2 Å². The topological polar surface area (TPSA) is 69.4 Å². The van der Waals surface area contributed by atoms with Crippen LogP contribution in [0.5, 0.6) is 11.5 Å². The molecule has 106 valence electrons. The van der Waals surface area contributed by atoms with E-state index in [0.29, 0.717) is 18.0 Å². The molecule has 0 spiro atoms. The molecule has 0 saturated heterocycles. The Morgan fingerprint density at radius 2 is 2.20 bits per heavy atom. The Hall–Kier alpha value is -2.34. The summed E-state index contributed by atoms with van der Waals surface area (Å²) in [5.74, 6) is 1.40. The Morgan fingerprint density at radius 3 is 2.90 bits per heavy atom. The summed E-state index contributed by atoms with van der Waals surface area (Å²) in [4.78, 5) is 0. The van der Waals surface area contributed by atoms with Crippen molar-refractivity contribution in [3.05, 3.63) is 48.3 Å². The number of aromatic nitrogens is 3. The molecule has 6 nitrogen and oxygen atoms in total. The fraction of sp³-hybridized carbons (Fsp3) is 0.286. The second kappa shape index (κ2) is 6.72. The van der Waals surface area contributed by atoms with E-state index in [1.54, 1.807) is 23.9 Å². The minimum absolute atomic E-state index is 0.173. The normalized spacial score (nSPS) is 10.3. The van der Waals surface area contributed by atoms with E-state index in [4.69, 9.17) is 9.47 Å². The molecule has 2 aromatic rings. The van der Waals surface area contributed by atoms with Crippen molar-refractivity contribution in [2.24, 2.45) is 0 Å². The summed E-state index contributed by atoms with van der Waals surface area (Å²) in [6, 6.07) is 7.32. The van der Waals surface area contributed by atoms with Crippen LogP contribution in [0.1, 0.15) is 11.4 Å². The van der Waals surface area contributed by atoms with Crippen molar-refractivity contribution in [2.75, 3.05) is 7.11 Å². The standard InChI is InChI=1S/C14H17N3O3/c1-3-7-17-14(13(9-18)15-16-17)10-20-12-6-4-5-11(8-12)19-2/h3-6,8,18H,1,7,9-10H2,2H3. The van der Waals surface area contributed by atoms with Gasteiger partial charge in [-0.3, -0.25) is 0 Å². The largest absolute Gasteiger partial charge is 0.497 e. The fourth-order valence-corrected chi connectivity index (χ4v) is 1.76. The van der Waals surface area contributed by atoms with Gasteiger partial charge in [-0.1, -0.05) is 17.4 Å². The summed E-state index contributed by atoms with van der Waals surface area (Å²) in [5, 5.41) is 17.1. The maximum Gasteiger partial charge on any atom is 0.132 e. The zero-order chi connectivity index (χ0) is 14.4. The highest BCUT2D eigenvalue weighted by molar-refractivity contribution is 5.33. The molecule has 0 radical (unpaired) electrons. The first-order chi connectivity index (χ1) is 9.78. The predicted molar refractivity (Wildman–Crippen MR) is 73.5 cm³/mol. The first-order valence-corrected chi connectivity index (χ1v) is 6.18. The number of benzene rings is 1. The molecular formula is C14H17N3O3. The average molecular weight is 275 g/mol. The van der Waals surface area contributed by atoms with Crippen LogP contribution in [0.25, 0.3) is 0 Å². The highest BCUT2D eigenvalue weighted by atomic mass is 16.5. The van der Waals surface area contributed by atoms with Crippen LogP contribution < -0.4 is 9.47 Å². The number of hydrogen-bond acceptors (Lipinski definition) is 5. The van der Waals surface area contributed by atoms with Crippen LogP contribution in [-0.2, 0) is 19.8 Å². The van der Waals surface area contributed by atoms with Gasteiger partial charge in [-0.25, -0.2) is 4.68 Å². The van der Waals surface area contributed by atoms with Crippen molar-refractivity contribution in [2.45, 2.75) is 19.8 Å². The Morgan fingerprint density at radius 1 is 1.40 bits per heavy atom. The third-order valence-electron chi connectivity index (χ3n) is 2.79. The second-order valence-electron chi connectivity index (χ2n) is 4.08. The van der Waals surface area contributed by atoms with Crippen molar-refractivity contribution in [1.82, 2.24) is 15.0 Å². The van der Waals surface area contributed by atoms with Gasteiger partial charge in [0.25, 0.3) is 0 Å². The number of allylic oxidation sites excluding steroid dienone is 1. The molecule has 0 aliphatic rings. The lowest BCUT2D eigenvalue weighted by molar-refractivity contribution is 0.261. The smallest absolute Gasteiger partial charge is 0.132 e. The highest BCUT2D eigenvalue weighted by Crippen LogP contribution is 2.20. The predicted octanol–water partition coefficient (Wildman–Crippen LogP) is 1.54. The van der Waals surface area contributed by atoms with Gasteiger partial charge in [0.2, 0.25) is 0 Å². The zero-order valence-corrected chi connectivity index (χ0v) is 11.3. The number of aliphatic hydroxyl groups excluding tert-OH is 1. The molecule has 0 aliphatic carbocycles. The quantitative estimate of drug-likeness (QED) is 0.776. The molecule has 1 aromatic carbocycles. The SMILES string of the molecule is C=CCn1nnc(CO)c1COc1cccc(OC)c1. The van der Waals surface area contributed by atoms with Crippen LogP contribution in [0, 0.1) is 0 Å². The lowest BCUT2D eigenvalue weighted by Crippen LogP contribution is -2.08. The number of rotatable bonds is 7. The fourth-order valence-electron chi connectivity index (χ4n) is 1.76. The molecular weight excluding hydrogens is 258 g/mol. The monoisotopic (exact) mass is 275 g/mol. The van der Waals surface area contributed by atoms with Gasteiger partial charge < -0.3 is 14.6 Å². The molecule has 0 saturated carbocycles. The summed E-state index contributed by atoms with van der Waals surface area (Å²) in [6.07, 6.45) is 1.71. The summed E-state index contributed by atoms with van der Waals surface area (Å²) in [6.45, 7) is 4.28. The molecule has 0 unspecified atom stereocenters. The van der Waals surface area contributed by atoms with Gasteiger partial charge in [-0.15, -0.1) is 11.7 Å². The van der Waals surface area contributed by atoms with Gasteiger partial charge in [-0.05, 0) is 12.1 Å². The number of nitrogens with zero attached hydrogens (tertiary/aromatic N) is 3. The summed E-state index contributed by atoms with van der Waals surface area (Å²) < 4.78 is 12.5. The van der Waals surface area contributed by atoms with Crippen molar-refractivity contribution in [3.8, 4) is 11.5 Å². The molecule has 20 heavy (non-hydrogen) atoms. The van der Waals surface area contributed by atoms with E-state index in [2.05, 4.69) is 16.9 Å². The number of aliphatic hydroxyl groups is 1. The molecule has 0 atom stereocenters. The van der Waals surface area contributed by atoms with E-state index in [1.165, 1.54) is 0 Å². The number of ether oxygens (including phenoxy) is 2. The lowest BCUT2D eigenvalue weighted by Gasteiger charge is -2.09. The average Bonchev–Trinajstić information content (AvgIpc) is 2.88. The third kappa shape index (κ3) is 3.16. The van der Waals surface area contributed by atoms with E-state index >= 15 is 0 Å². The maximum absolute atomic E-state index is 9.26. The molecule has 0 aliphatic heterocycles. The molecule has 1 aromatic heterocycles. The molecule has 6 heteroatoms. The van der Waals surface area contributed by atoms with Crippen molar-refractivity contribution >= 4 is 0 Å². The minimum Gasteiger partial charge on any atom is -0.497 e. The van der Waals surface area contributed by atoms with E-state index in [9.17, 15) is 5.11 Å². The molecule has 1 N–H and O–H groups in total. The van der Waals surface area contributed by atoms with Crippen LogP contribution in [0.2, 0.25) is 0 Å². The first-order valence-electron chi connectivity index (χ1n) is 6.18. The van der Waals surface area contributed by atoms with Crippen molar-refractivity contribution in [1.29, 1.82) is 0 Å². The second-order valence-corrected chi connectivity index (χ2v) is 4.08. The van der Waals surface area contributed by atoms with Crippen LogP contribution in [0.3, 0.4) is 0 Å². The van der Waals surface area contributed by atoms with Gasteiger partial charge in [0.1, 0.15) is 29.5 Å². The van der Waals surface area contributed by atoms with Crippen LogP contribution in [0.15, 0.2) is 36.9 Å². The van der Waals surface area contributed by atoms with Crippen molar-refractivity contribution < 1.29 is 14.6 Å². The minimum atomic E-state index is -0.173. The Kier molecular flexibility index (Phi) is 4.73. The van der Waals surface area contributed by atoms with Gasteiger partial charge in [-0.2, -0.15) is 0 Å². The molecule has 1 heterocycles. The molecule has 0 bridgehead atoms. The summed E-state index contributed by atoms with van der Waals surface area (Å²) in [7, 11) is 1.60. The molecule has 0 amide bonds. The van der Waals surface area contributed by atoms with E-state index in [0.717, 1.165) is 11.4 Å². The summed E-state index contributed by atoms with van der Waals surface area (Å²) in [5.41, 5.74) is 1.24. The van der Waals surface area contributed by atoms with E-state index in [1.807, 2.05) is 18.2 Å². The van der Waals surface area contributed by atoms with E-state index < -0.39 is 0 Å². The van der Waals surface area contributed by atoms with Crippen LogP contribution in [-0.4, -0.2) is 27.2 Å². The van der Waals surface area contributed by atoms with Crippen LogP contribution >= 0.6 is 0 Å². The lowest BCUT2D eigenvalue weighted by atomic mass is 10.3. The Labute approximate surface area is 117 Å². The summed E-state index contributed by atoms with van der Waals surface area (Å²) >= 11 is 0. The Bertz CT molecular complexity index is 581. The first kappa shape index (κ1) is 14.1. The van der Waals surface area contributed by atoms with Gasteiger partial charge in [0, 0.05) is 6.07 Å². The number of methoxy groups -OCH3 is 1. The maximum atomic E-state index is 9.26. The molecule has 2 rings (SSSR count). The number of hydrogen-bond donors (Lipinski definition) is 1. The van der Waals surface area contributed by atoms with Gasteiger partial charge >= 0.3 is 0 Å². The van der Waals surface area contributed by atoms with Gasteiger partial charge in [0.05, 0.1) is 20.3 Å². The van der Waals surface area contributed by atoms with Crippen molar-refractivity contribution in [3.63, 3.8) is 0 Å². The third-order valence-corrected chi connectivity index (χ3v) is 2.79. The molecule has 0 fully saturated rings. The highest BCUT2D eigenvalue weighted by Gasteiger charge is 2.12. The van der Waals surface area contributed by atoms with Gasteiger partial charge in [0.15, 0.2) is 0 Å².